The third-order valence-electron chi connectivity index (χ3n) is 4.31. The van der Waals surface area contributed by atoms with Crippen LogP contribution in [-0.2, 0) is 0 Å². The minimum Gasteiger partial charge on any atom is -0.468 e. The van der Waals surface area contributed by atoms with Crippen molar-refractivity contribution in [2.75, 3.05) is 25.0 Å². The number of anilines is 1. The second-order valence-corrected chi connectivity index (χ2v) is 6.81. The first-order chi connectivity index (χ1) is 12.4. The number of halogens is 2. The molecule has 1 aliphatic rings. The van der Waals surface area contributed by atoms with Gasteiger partial charge in [0.2, 0.25) is 5.88 Å². The van der Waals surface area contributed by atoms with Crippen molar-refractivity contribution in [3.63, 3.8) is 0 Å². The van der Waals surface area contributed by atoms with E-state index in [1.165, 1.54) is 23.8 Å². The van der Waals surface area contributed by atoms with Gasteiger partial charge in [0.25, 0.3) is 11.8 Å². The first-order valence-corrected chi connectivity index (χ1v) is 9.18. The monoisotopic (exact) mass is 382 g/mol. The average molecular weight is 382 g/mol. The van der Waals surface area contributed by atoms with Gasteiger partial charge in [0.15, 0.2) is 6.10 Å². The van der Waals surface area contributed by atoms with Gasteiger partial charge in [-0.05, 0) is 31.1 Å². The number of carbonyl (C=O) groups excluding carboxylic acids is 1. The zero-order valence-electron chi connectivity index (χ0n) is 14.5. The van der Waals surface area contributed by atoms with E-state index in [0.717, 1.165) is 0 Å². The van der Waals surface area contributed by atoms with E-state index in [2.05, 4.69) is 14.7 Å². The number of alkyl halides is 2. The number of carbonyl (C=O) groups is 1. The summed E-state index contributed by atoms with van der Waals surface area (Å²) in [5, 5.41) is 4.37. The van der Waals surface area contributed by atoms with Crippen molar-refractivity contribution in [3.8, 4) is 5.88 Å². The fourth-order valence-electron chi connectivity index (χ4n) is 2.78. The molecule has 0 spiro atoms. The van der Waals surface area contributed by atoms with Crippen LogP contribution < -0.4 is 10.1 Å². The van der Waals surface area contributed by atoms with Crippen LogP contribution in [0.25, 0.3) is 0 Å². The van der Waals surface area contributed by atoms with Gasteiger partial charge in [-0.15, -0.1) is 0 Å². The smallest absolute Gasteiger partial charge is 0.296 e. The first-order valence-electron chi connectivity index (χ1n) is 8.34. The van der Waals surface area contributed by atoms with E-state index in [4.69, 9.17) is 4.74 Å². The van der Waals surface area contributed by atoms with Crippen LogP contribution in [0, 0.1) is 6.92 Å². The summed E-state index contributed by atoms with van der Waals surface area (Å²) in [5.74, 6) is -3.09. The van der Waals surface area contributed by atoms with Gasteiger partial charge >= 0.3 is 0 Å². The maximum Gasteiger partial charge on any atom is 0.296 e. The van der Waals surface area contributed by atoms with Gasteiger partial charge < -0.3 is 10.1 Å². The zero-order chi connectivity index (χ0) is 18.7. The van der Waals surface area contributed by atoms with Crippen molar-refractivity contribution >= 4 is 23.1 Å². The molecule has 1 saturated heterocycles. The number of likely N-dealkylation sites (tertiary alicyclic amines) is 1. The third-order valence-corrected chi connectivity index (χ3v) is 5.03. The molecule has 0 bridgehead atoms. The Balaban J connectivity index is 1.61. The number of aromatic nitrogens is 2. The lowest BCUT2D eigenvalue weighted by Crippen LogP contribution is -2.53. The quantitative estimate of drug-likeness (QED) is 0.860. The number of piperidine rings is 1. The molecular weight excluding hydrogens is 362 g/mol. The predicted octanol–water partition coefficient (Wildman–Crippen LogP) is 3.21. The van der Waals surface area contributed by atoms with E-state index in [1.807, 2.05) is 6.92 Å². The van der Waals surface area contributed by atoms with E-state index in [1.54, 1.807) is 23.3 Å². The van der Waals surface area contributed by atoms with Crippen molar-refractivity contribution in [2.24, 2.45) is 0 Å². The molecule has 6 nitrogen and oxygen atoms in total. The largest absolute Gasteiger partial charge is 0.468 e. The highest BCUT2D eigenvalue weighted by molar-refractivity contribution is 7.04. The summed E-state index contributed by atoms with van der Waals surface area (Å²) in [7, 11) is 0. The standard InChI is InChI=1S/C17H20F2N4O2S/c1-3-23-7-6-14(17(18,19)10-23)25-15-5-4-12(8-20-15)21-16(24)13-9-26-22-11(13)2/h4-5,8-9,14H,3,6-7,10H2,1-2H3,(H,21,24). The van der Waals surface area contributed by atoms with Crippen LogP contribution in [0.2, 0.25) is 0 Å². The Labute approximate surface area is 154 Å². The molecule has 2 aromatic heterocycles. The Bertz CT molecular complexity index is 766. The zero-order valence-corrected chi connectivity index (χ0v) is 15.4. The third kappa shape index (κ3) is 4.16. The van der Waals surface area contributed by atoms with Gasteiger partial charge in [0.05, 0.1) is 29.7 Å². The van der Waals surface area contributed by atoms with Crippen molar-refractivity contribution in [3.05, 3.63) is 35.0 Å². The lowest BCUT2D eigenvalue weighted by atomic mass is 10.0. The molecule has 1 aliphatic heterocycles. The molecule has 26 heavy (non-hydrogen) atoms. The van der Waals surface area contributed by atoms with E-state index in [-0.39, 0.29) is 24.8 Å². The Hall–Kier alpha value is -2.13. The topological polar surface area (TPSA) is 67.3 Å². The lowest BCUT2D eigenvalue weighted by molar-refractivity contribution is -0.139. The summed E-state index contributed by atoms with van der Waals surface area (Å²) in [4.78, 5) is 17.9. The molecule has 0 radical (unpaired) electrons. The second-order valence-electron chi connectivity index (χ2n) is 6.18. The van der Waals surface area contributed by atoms with Crippen molar-refractivity contribution in [2.45, 2.75) is 32.3 Å². The lowest BCUT2D eigenvalue weighted by Gasteiger charge is -2.37. The highest BCUT2D eigenvalue weighted by Gasteiger charge is 2.46. The molecule has 0 aliphatic carbocycles. The van der Waals surface area contributed by atoms with Crippen LogP contribution in [0.15, 0.2) is 23.7 Å². The van der Waals surface area contributed by atoms with Crippen molar-refractivity contribution < 1.29 is 18.3 Å². The van der Waals surface area contributed by atoms with Crippen molar-refractivity contribution in [1.29, 1.82) is 0 Å². The number of pyridine rings is 1. The molecule has 1 unspecified atom stereocenters. The Kier molecular flexibility index (Phi) is 5.47. The molecule has 1 N–H and O–H groups in total. The Morgan fingerprint density at radius 2 is 2.31 bits per heavy atom. The van der Waals surface area contributed by atoms with E-state index in [9.17, 15) is 13.6 Å². The summed E-state index contributed by atoms with van der Waals surface area (Å²) >= 11 is 1.21. The number of amides is 1. The van der Waals surface area contributed by atoms with Crippen LogP contribution in [-0.4, -0.2) is 51.8 Å². The molecule has 3 heterocycles. The van der Waals surface area contributed by atoms with Gasteiger partial charge in [-0.2, -0.15) is 4.37 Å². The van der Waals surface area contributed by atoms with Crippen LogP contribution >= 0.6 is 11.5 Å². The first kappa shape index (κ1) is 18.7. The highest BCUT2D eigenvalue weighted by Crippen LogP contribution is 2.30. The molecule has 0 aromatic carbocycles. The molecule has 9 heteroatoms. The van der Waals surface area contributed by atoms with Gasteiger partial charge in [-0.1, -0.05) is 6.92 Å². The number of aryl methyl sites for hydroxylation is 1. The molecule has 0 saturated carbocycles. The van der Waals surface area contributed by atoms with Gasteiger partial charge in [-0.3, -0.25) is 9.69 Å². The molecule has 140 valence electrons. The van der Waals surface area contributed by atoms with E-state index < -0.39 is 12.0 Å². The number of hydrogen-bond acceptors (Lipinski definition) is 6. The maximum absolute atomic E-state index is 14.2. The fraction of sp³-hybridized carbons (Fsp3) is 0.471. The van der Waals surface area contributed by atoms with Gasteiger partial charge in [0, 0.05) is 24.4 Å². The van der Waals surface area contributed by atoms with Crippen molar-refractivity contribution in [1.82, 2.24) is 14.3 Å². The minimum atomic E-state index is -2.92. The normalized spacial score (nSPS) is 19.9. The van der Waals surface area contributed by atoms with E-state index >= 15 is 0 Å². The van der Waals surface area contributed by atoms with Crippen LogP contribution in [0.5, 0.6) is 5.88 Å². The highest BCUT2D eigenvalue weighted by atomic mass is 32.1. The fourth-order valence-corrected chi connectivity index (χ4v) is 3.48. The summed E-state index contributed by atoms with van der Waals surface area (Å²) in [6.07, 6.45) is 0.436. The molecule has 1 amide bonds. The molecule has 1 fully saturated rings. The molecular formula is C17H20F2N4O2S. The number of ether oxygens (including phenoxy) is 1. The SMILES string of the molecule is CCN1CCC(Oc2ccc(NC(=O)c3csnc3C)cn2)C(F)(F)C1. The maximum atomic E-state index is 14.2. The molecule has 2 aromatic rings. The number of nitrogens with one attached hydrogen (secondary N) is 1. The average Bonchev–Trinajstić information content (AvgIpc) is 3.04. The summed E-state index contributed by atoms with van der Waals surface area (Å²) in [6, 6.07) is 3.06. The summed E-state index contributed by atoms with van der Waals surface area (Å²) < 4.78 is 37.8. The number of nitrogens with zero attached hydrogens (tertiary/aromatic N) is 3. The van der Waals surface area contributed by atoms with E-state index in [0.29, 0.717) is 30.0 Å². The summed E-state index contributed by atoms with van der Waals surface area (Å²) in [6.45, 7) is 4.47. The molecule has 1 atom stereocenters. The van der Waals surface area contributed by atoms with Crippen LogP contribution in [0.4, 0.5) is 14.5 Å². The van der Waals surface area contributed by atoms with Crippen LogP contribution in [0.3, 0.4) is 0 Å². The van der Waals surface area contributed by atoms with Gasteiger partial charge in [-0.25, -0.2) is 13.8 Å². The second kappa shape index (κ2) is 7.63. The number of rotatable bonds is 5. The number of hydrogen-bond donors (Lipinski definition) is 1. The summed E-state index contributed by atoms with van der Waals surface area (Å²) in [5.41, 5.74) is 1.61. The Morgan fingerprint density at radius 1 is 1.50 bits per heavy atom. The minimum absolute atomic E-state index is 0.117. The predicted molar refractivity (Wildman–Crippen MR) is 95.1 cm³/mol. The van der Waals surface area contributed by atoms with Crippen LogP contribution in [0.1, 0.15) is 29.4 Å². The van der Waals surface area contributed by atoms with Gasteiger partial charge in [0.1, 0.15) is 0 Å². The Morgan fingerprint density at radius 3 is 2.88 bits per heavy atom. The molecule has 3 rings (SSSR count).